The molecule has 0 nitrogen and oxygen atoms in total. The average molecular weight is 302 g/mol. The Morgan fingerprint density at radius 1 is 0.500 bits per heavy atom. The summed E-state index contributed by atoms with van der Waals surface area (Å²) in [6.45, 7) is 0. The maximum absolute atomic E-state index is 0. The third kappa shape index (κ3) is 35.9. The molecule has 0 saturated carbocycles. The summed E-state index contributed by atoms with van der Waals surface area (Å²) < 4.78 is 0. The standard InChI is InChI=1S/4ClH.HI.Si/h5*1H;. The molecule has 0 aromatic carbocycles. The molecule has 0 aliphatic heterocycles. The minimum Gasteiger partial charge on any atom is -0.147 e. The number of halogens is 5. The van der Waals surface area contributed by atoms with Crippen LogP contribution in [0.3, 0.4) is 0 Å². The van der Waals surface area contributed by atoms with Crippen LogP contribution >= 0.6 is 73.6 Å². The molecular formula is H5Cl4ISi. The maximum Gasteiger partial charge on any atom is 0 e. The molecule has 0 amide bonds. The van der Waals surface area contributed by atoms with Crippen LogP contribution in [0, 0.1) is 0 Å². The first kappa shape index (κ1) is 92.2. The third-order valence-corrected chi connectivity index (χ3v) is 0. The first-order chi connectivity index (χ1) is 0. The van der Waals surface area contributed by atoms with Crippen molar-refractivity contribution < 1.29 is 0 Å². The first-order valence-electron chi connectivity index (χ1n) is 0. The van der Waals surface area contributed by atoms with E-state index in [4.69, 9.17) is 0 Å². The van der Waals surface area contributed by atoms with E-state index in [0.29, 0.717) is 0 Å². The van der Waals surface area contributed by atoms with Gasteiger partial charge < -0.3 is 0 Å². The van der Waals surface area contributed by atoms with Gasteiger partial charge in [-0.2, -0.15) is 0 Å². The van der Waals surface area contributed by atoms with Gasteiger partial charge in [-0.05, 0) is 0 Å². The van der Waals surface area contributed by atoms with Gasteiger partial charge in [-0.25, -0.2) is 0 Å². The second-order valence-corrected chi connectivity index (χ2v) is 0. The van der Waals surface area contributed by atoms with Crippen LogP contribution in [0.5, 0.6) is 0 Å². The molecule has 44 valence electrons. The molecule has 0 N–H and O–H groups in total. The van der Waals surface area contributed by atoms with Gasteiger partial charge in [0.25, 0.3) is 0 Å². The summed E-state index contributed by atoms with van der Waals surface area (Å²) in [7, 11) is 0. The van der Waals surface area contributed by atoms with Gasteiger partial charge in [0.15, 0.2) is 0 Å². The minimum atomic E-state index is 0. The molecule has 6 heteroatoms. The zero-order valence-electron chi connectivity index (χ0n) is 2.54. The molecule has 0 spiro atoms. The quantitative estimate of drug-likeness (QED) is 0.474. The monoisotopic (exact) mass is 300 g/mol. The molecule has 0 aromatic heterocycles. The van der Waals surface area contributed by atoms with Gasteiger partial charge in [0.2, 0.25) is 0 Å². The lowest BCUT2D eigenvalue weighted by atomic mass is 28.1. The number of hydrogen-bond acceptors (Lipinski definition) is 0. The molecule has 0 heterocycles. The van der Waals surface area contributed by atoms with Gasteiger partial charge in [-0.1, -0.05) is 0 Å². The summed E-state index contributed by atoms with van der Waals surface area (Å²) in [5.74, 6) is 0. The van der Waals surface area contributed by atoms with Gasteiger partial charge in [-0.15, -0.1) is 73.6 Å². The predicted molar refractivity (Wildman–Crippen MR) is 50.2 cm³/mol. The van der Waals surface area contributed by atoms with Crippen molar-refractivity contribution in [1.82, 2.24) is 0 Å². The van der Waals surface area contributed by atoms with E-state index < -0.39 is 0 Å². The van der Waals surface area contributed by atoms with Crippen molar-refractivity contribution in [1.29, 1.82) is 0 Å². The van der Waals surface area contributed by atoms with Crippen molar-refractivity contribution in [3.63, 3.8) is 0 Å². The van der Waals surface area contributed by atoms with E-state index in [2.05, 4.69) is 0 Å². The van der Waals surface area contributed by atoms with Crippen molar-refractivity contribution in [2.24, 2.45) is 0 Å². The Bertz CT molecular complexity index is 7.51. The van der Waals surface area contributed by atoms with Crippen LogP contribution in [0.15, 0.2) is 0 Å². The second kappa shape index (κ2) is 59.7. The van der Waals surface area contributed by atoms with Gasteiger partial charge in [0.1, 0.15) is 0 Å². The lowest BCUT2D eigenvalue weighted by Gasteiger charge is -0.148. The fourth-order valence-corrected chi connectivity index (χ4v) is 0. The van der Waals surface area contributed by atoms with E-state index in [9.17, 15) is 0 Å². The van der Waals surface area contributed by atoms with Crippen LogP contribution in [-0.4, -0.2) is 11.0 Å². The topological polar surface area (TPSA) is 0 Å². The SMILES string of the molecule is Cl.Cl.Cl.Cl.I.[Si]. The van der Waals surface area contributed by atoms with Crippen molar-refractivity contribution in [2.45, 2.75) is 0 Å². The molecule has 0 fully saturated rings. The largest absolute Gasteiger partial charge is 0.147 e. The summed E-state index contributed by atoms with van der Waals surface area (Å²) in [6.07, 6.45) is 0. The summed E-state index contributed by atoms with van der Waals surface area (Å²) >= 11 is 0. The van der Waals surface area contributed by atoms with E-state index in [1.54, 1.807) is 0 Å². The molecule has 0 aliphatic rings. The predicted octanol–water partition coefficient (Wildman–Crippen LogP) is 1.92. The lowest BCUT2D eigenvalue weighted by molar-refractivity contribution is 5.75. The summed E-state index contributed by atoms with van der Waals surface area (Å²) in [5.41, 5.74) is 0. The highest BCUT2D eigenvalue weighted by atomic mass is 127. The third-order valence-electron chi connectivity index (χ3n) is 0. The van der Waals surface area contributed by atoms with Crippen LogP contribution in [0.4, 0.5) is 0 Å². The minimum absolute atomic E-state index is 0. The molecule has 0 rings (SSSR count). The molecule has 6 heavy (non-hydrogen) atoms. The van der Waals surface area contributed by atoms with E-state index in [1.165, 1.54) is 0 Å². The van der Waals surface area contributed by atoms with Crippen molar-refractivity contribution >= 4 is 84.6 Å². The van der Waals surface area contributed by atoms with Crippen LogP contribution < -0.4 is 0 Å². The molecular weight excluding hydrogens is 297 g/mol. The smallest absolute Gasteiger partial charge is 0 e. The Hall–Kier alpha value is 2.11. The Morgan fingerprint density at radius 3 is 0.500 bits per heavy atom. The van der Waals surface area contributed by atoms with Gasteiger partial charge in [0.05, 0.1) is 0 Å². The van der Waals surface area contributed by atoms with Crippen LogP contribution in [0.1, 0.15) is 0 Å². The van der Waals surface area contributed by atoms with Crippen LogP contribution in [0.2, 0.25) is 0 Å². The fraction of sp³-hybridized carbons (Fsp3) is 0. The van der Waals surface area contributed by atoms with Gasteiger partial charge in [-0.3, -0.25) is 0 Å². The fourth-order valence-electron chi connectivity index (χ4n) is 0. The van der Waals surface area contributed by atoms with Crippen molar-refractivity contribution in [2.75, 3.05) is 0 Å². The number of rotatable bonds is 0. The van der Waals surface area contributed by atoms with E-state index in [0.717, 1.165) is 0 Å². The van der Waals surface area contributed by atoms with E-state index >= 15 is 0 Å². The van der Waals surface area contributed by atoms with Gasteiger partial charge >= 0.3 is 0 Å². The Morgan fingerprint density at radius 2 is 0.500 bits per heavy atom. The second-order valence-electron chi connectivity index (χ2n) is 0. The molecule has 0 bridgehead atoms. The Kier molecular flexibility index (Phi) is 918. The summed E-state index contributed by atoms with van der Waals surface area (Å²) in [6, 6.07) is 0. The highest BCUT2D eigenvalue weighted by Gasteiger charge is 0.0000377. The zero-order chi connectivity index (χ0) is 0. The molecule has 0 saturated heterocycles. The highest BCUT2D eigenvalue weighted by molar-refractivity contribution is 14.0. The van der Waals surface area contributed by atoms with Gasteiger partial charge in [0, 0.05) is 11.0 Å². The van der Waals surface area contributed by atoms with Crippen molar-refractivity contribution in [3.8, 4) is 0 Å². The first-order valence-corrected chi connectivity index (χ1v) is 0. The van der Waals surface area contributed by atoms with Crippen molar-refractivity contribution in [3.05, 3.63) is 0 Å². The summed E-state index contributed by atoms with van der Waals surface area (Å²) in [5, 5.41) is 0. The average Bonchev–Trinajstić information content (AvgIpc) is 0. The normalized spacial score (nSPS) is 0. The van der Waals surface area contributed by atoms with Crippen LogP contribution in [0.25, 0.3) is 0 Å². The van der Waals surface area contributed by atoms with E-state index in [-0.39, 0.29) is 84.6 Å². The van der Waals surface area contributed by atoms with Crippen LogP contribution in [-0.2, 0) is 0 Å². The summed E-state index contributed by atoms with van der Waals surface area (Å²) in [4.78, 5) is 0. The zero-order valence-corrected chi connectivity index (χ0v) is 9.14. The number of hydrogen-bond donors (Lipinski definition) is 0. The highest BCUT2D eigenvalue weighted by Crippen LogP contribution is 0.886. The molecule has 0 unspecified atom stereocenters. The molecule has 0 atom stereocenters. The lowest BCUT2D eigenvalue weighted by Crippen LogP contribution is -0.381. The molecule has 0 aromatic rings. The Balaban J connectivity index is 0. The van der Waals surface area contributed by atoms with E-state index in [1.807, 2.05) is 0 Å². The molecule has 0 aliphatic carbocycles. The maximum atomic E-state index is 0. The Labute approximate surface area is 83.9 Å². The molecule has 4 radical (unpaired) electrons.